The van der Waals surface area contributed by atoms with Gasteiger partial charge in [0, 0.05) is 11.6 Å². The average Bonchev–Trinajstić information content (AvgIpc) is 3.05. The largest absolute Gasteiger partial charge is 0.334 e. The average molecular weight is 326 g/mol. The minimum atomic E-state index is 0.326. The van der Waals surface area contributed by atoms with Crippen molar-refractivity contribution in [1.82, 2.24) is 15.0 Å². The van der Waals surface area contributed by atoms with Crippen molar-refractivity contribution in [3.8, 4) is 11.5 Å². The van der Waals surface area contributed by atoms with E-state index in [4.69, 9.17) is 10.3 Å². The molecule has 2 aliphatic rings. The SMILES string of the molecule is NCC1([C@@H]2CCCCN2Cc2noc(-c3ccccc3)n2)CCC1. The molecule has 1 aliphatic carbocycles. The normalized spacial score (nSPS) is 23.8. The van der Waals surface area contributed by atoms with Gasteiger partial charge in [-0.2, -0.15) is 4.98 Å². The molecule has 24 heavy (non-hydrogen) atoms. The van der Waals surface area contributed by atoms with Crippen LogP contribution in [0.25, 0.3) is 11.5 Å². The Balaban J connectivity index is 1.50. The van der Waals surface area contributed by atoms with Crippen LogP contribution in [-0.4, -0.2) is 34.2 Å². The molecule has 0 radical (unpaired) electrons. The van der Waals surface area contributed by atoms with Gasteiger partial charge in [0.2, 0.25) is 0 Å². The lowest BCUT2D eigenvalue weighted by atomic mass is 9.62. The Labute approximate surface area is 143 Å². The minimum absolute atomic E-state index is 0.326. The molecule has 1 aromatic heterocycles. The van der Waals surface area contributed by atoms with Gasteiger partial charge < -0.3 is 10.3 Å². The summed E-state index contributed by atoms with van der Waals surface area (Å²) in [6, 6.07) is 10.5. The summed E-state index contributed by atoms with van der Waals surface area (Å²) in [7, 11) is 0. The summed E-state index contributed by atoms with van der Waals surface area (Å²) in [6.45, 7) is 2.68. The minimum Gasteiger partial charge on any atom is -0.334 e. The van der Waals surface area contributed by atoms with Crippen LogP contribution < -0.4 is 5.73 Å². The van der Waals surface area contributed by atoms with E-state index in [1.54, 1.807) is 0 Å². The van der Waals surface area contributed by atoms with Crippen molar-refractivity contribution in [2.75, 3.05) is 13.1 Å². The fourth-order valence-corrected chi connectivity index (χ4v) is 4.38. The molecule has 5 heteroatoms. The zero-order chi connectivity index (χ0) is 16.4. The van der Waals surface area contributed by atoms with Gasteiger partial charge in [0.05, 0.1) is 6.54 Å². The van der Waals surface area contributed by atoms with Gasteiger partial charge in [-0.25, -0.2) is 0 Å². The molecular weight excluding hydrogens is 300 g/mol. The fraction of sp³-hybridized carbons (Fsp3) is 0.579. The number of hydrogen-bond donors (Lipinski definition) is 1. The van der Waals surface area contributed by atoms with Crippen LogP contribution in [0, 0.1) is 5.41 Å². The lowest BCUT2D eigenvalue weighted by Crippen LogP contribution is -2.56. The maximum absolute atomic E-state index is 6.16. The summed E-state index contributed by atoms with van der Waals surface area (Å²) < 4.78 is 5.47. The van der Waals surface area contributed by atoms with Crippen LogP contribution in [0.2, 0.25) is 0 Å². The van der Waals surface area contributed by atoms with Crippen molar-refractivity contribution in [3.63, 3.8) is 0 Å². The van der Waals surface area contributed by atoms with E-state index < -0.39 is 0 Å². The Morgan fingerprint density at radius 3 is 2.71 bits per heavy atom. The fourth-order valence-electron chi connectivity index (χ4n) is 4.38. The molecule has 0 bridgehead atoms. The molecule has 0 spiro atoms. The third kappa shape index (κ3) is 2.87. The van der Waals surface area contributed by atoms with E-state index in [0.717, 1.165) is 31.0 Å². The van der Waals surface area contributed by atoms with Crippen molar-refractivity contribution in [3.05, 3.63) is 36.2 Å². The van der Waals surface area contributed by atoms with Gasteiger partial charge in [0.15, 0.2) is 5.82 Å². The molecule has 2 heterocycles. The molecule has 4 rings (SSSR count). The smallest absolute Gasteiger partial charge is 0.257 e. The van der Waals surface area contributed by atoms with Crippen molar-refractivity contribution in [2.45, 2.75) is 51.1 Å². The molecular formula is C19H26N4O. The summed E-state index contributed by atoms with van der Waals surface area (Å²) in [6.07, 6.45) is 7.67. The predicted molar refractivity (Wildman–Crippen MR) is 93.1 cm³/mol. The standard InChI is InChI=1S/C19H26N4O/c20-14-19(10-6-11-19)16-9-4-5-12-23(16)13-17-21-18(24-22-17)15-7-2-1-3-8-15/h1-3,7-8,16H,4-6,9-14,20H2/t16-/m0/s1. The first-order valence-corrected chi connectivity index (χ1v) is 9.13. The van der Waals surface area contributed by atoms with E-state index in [0.29, 0.717) is 17.3 Å². The van der Waals surface area contributed by atoms with Crippen LogP contribution in [0.15, 0.2) is 34.9 Å². The van der Waals surface area contributed by atoms with E-state index in [9.17, 15) is 0 Å². The van der Waals surface area contributed by atoms with Gasteiger partial charge in [-0.15, -0.1) is 0 Å². The van der Waals surface area contributed by atoms with E-state index in [2.05, 4.69) is 15.0 Å². The highest BCUT2D eigenvalue weighted by Crippen LogP contribution is 2.47. The van der Waals surface area contributed by atoms with Crippen molar-refractivity contribution in [1.29, 1.82) is 0 Å². The number of benzene rings is 1. The van der Waals surface area contributed by atoms with E-state index >= 15 is 0 Å². The van der Waals surface area contributed by atoms with Gasteiger partial charge in [-0.3, -0.25) is 4.90 Å². The molecule has 1 atom stereocenters. The molecule has 5 nitrogen and oxygen atoms in total. The van der Waals surface area contributed by atoms with Crippen LogP contribution in [0.3, 0.4) is 0 Å². The molecule has 0 unspecified atom stereocenters. The zero-order valence-electron chi connectivity index (χ0n) is 14.2. The third-order valence-electron chi connectivity index (χ3n) is 5.91. The van der Waals surface area contributed by atoms with Gasteiger partial charge >= 0.3 is 0 Å². The quantitative estimate of drug-likeness (QED) is 0.913. The maximum Gasteiger partial charge on any atom is 0.257 e. The summed E-state index contributed by atoms with van der Waals surface area (Å²) in [4.78, 5) is 7.16. The first-order valence-electron chi connectivity index (χ1n) is 9.13. The Bertz CT molecular complexity index is 660. The highest BCUT2D eigenvalue weighted by Gasteiger charge is 2.46. The molecule has 1 saturated heterocycles. The summed E-state index contributed by atoms with van der Waals surface area (Å²) in [5, 5.41) is 4.21. The summed E-state index contributed by atoms with van der Waals surface area (Å²) in [5.74, 6) is 1.39. The van der Waals surface area contributed by atoms with Gasteiger partial charge in [0.25, 0.3) is 5.89 Å². The number of aromatic nitrogens is 2. The number of likely N-dealkylation sites (tertiary alicyclic amines) is 1. The van der Waals surface area contributed by atoms with Crippen molar-refractivity contribution >= 4 is 0 Å². The molecule has 128 valence electrons. The topological polar surface area (TPSA) is 68.2 Å². The highest BCUT2D eigenvalue weighted by molar-refractivity contribution is 5.51. The maximum atomic E-state index is 6.16. The van der Waals surface area contributed by atoms with Gasteiger partial charge in [-0.1, -0.05) is 36.2 Å². The number of rotatable bonds is 5. The molecule has 2 fully saturated rings. The van der Waals surface area contributed by atoms with Crippen molar-refractivity contribution in [2.24, 2.45) is 11.1 Å². The summed E-state index contributed by atoms with van der Waals surface area (Å²) >= 11 is 0. The van der Waals surface area contributed by atoms with E-state index in [1.807, 2.05) is 30.3 Å². The predicted octanol–water partition coefficient (Wildman–Crippen LogP) is 3.22. The lowest BCUT2D eigenvalue weighted by molar-refractivity contribution is -0.0219. The molecule has 1 saturated carbocycles. The molecule has 2 aromatic rings. The Kier molecular flexibility index (Phi) is 4.37. The van der Waals surface area contributed by atoms with Crippen LogP contribution in [0.4, 0.5) is 0 Å². The number of nitrogens with zero attached hydrogens (tertiary/aromatic N) is 3. The van der Waals surface area contributed by atoms with Crippen LogP contribution >= 0.6 is 0 Å². The molecule has 1 aliphatic heterocycles. The monoisotopic (exact) mass is 326 g/mol. The van der Waals surface area contributed by atoms with Crippen LogP contribution in [0.5, 0.6) is 0 Å². The van der Waals surface area contributed by atoms with Gasteiger partial charge in [0.1, 0.15) is 0 Å². The highest BCUT2D eigenvalue weighted by atomic mass is 16.5. The van der Waals surface area contributed by atoms with Crippen LogP contribution in [0.1, 0.15) is 44.3 Å². The second-order valence-electron chi connectivity index (χ2n) is 7.28. The van der Waals surface area contributed by atoms with Crippen LogP contribution in [-0.2, 0) is 6.54 Å². The van der Waals surface area contributed by atoms with E-state index in [1.165, 1.54) is 38.5 Å². The first-order chi connectivity index (χ1) is 11.8. The number of nitrogens with two attached hydrogens (primary N) is 1. The molecule has 0 amide bonds. The Hall–Kier alpha value is -1.72. The third-order valence-corrected chi connectivity index (χ3v) is 5.91. The molecule has 1 aromatic carbocycles. The van der Waals surface area contributed by atoms with Gasteiger partial charge in [-0.05, 0) is 56.3 Å². The second-order valence-corrected chi connectivity index (χ2v) is 7.28. The number of hydrogen-bond acceptors (Lipinski definition) is 5. The lowest BCUT2D eigenvalue weighted by Gasteiger charge is -2.53. The van der Waals surface area contributed by atoms with E-state index in [-0.39, 0.29) is 0 Å². The Morgan fingerprint density at radius 1 is 1.17 bits per heavy atom. The summed E-state index contributed by atoms with van der Waals surface area (Å²) in [5.41, 5.74) is 7.46. The first kappa shape index (κ1) is 15.8. The Morgan fingerprint density at radius 2 is 2.00 bits per heavy atom. The van der Waals surface area contributed by atoms with Crippen molar-refractivity contribution < 1.29 is 4.52 Å². The molecule has 2 N–H and O–H groups in total. The zero-order valence-corrected chi connectivity index (χ0v) is 14.2. The number of piperidine rings is 1. The second kappa shape index (κ2) is 6.65.